The molecule has 0 radical (unpaired) electrons. The van der Waals surface area contributed by atoms with Crippen LogP contribution in [0.3, 0.4) is 0 Å². The second-order valence-electron chi connectivity index (χ2n) is 3.67. The zero-order valence-corrected chi connectivity index (χ0v) is 12.4. The summed E-state index contributed by atoms with van der Waals surface area (Å²) in [6.45, 7) is 3.72. The van der Waals surface area contributed by atoms with E-state index >= 15 is 0 Å². The summed E-state index contributed by atoms with van der Waals surface area (Å²) in [5.74, 6) is 1.41. The molecule has 1 heterocycles. The minimum absolute atomic E-state index is 0.491. The molecule has 88 valence electrons. The third kappa shape index (κ3) is 3.07. The largest absolute Gasteiger partial charge is 0.340 e. The van der Waals surface area contributed by atoms with Crippen molar-refractivity contribution in [3.63, 3.8) is 0 Å². The highest BCUT2D eigenvalue weighted by atomic mass is 127. The Bertz CT molecular complexity index is 540. The Hall–Kier alpha value is -0.880. The van der Waals surface area contributed by atoms with Gasteiger partial charge in [-0.1, -0.05) is 11.6 Å². The van der Waals surface area contributed by atoms with Gasteiger partial charge in [-0.3, -0.25) is 0 Å². The SMILES string of the molecule is Cc1nc(Cl)c(C)c(Nc2ccc(I)cc2)n1. The molecule has 5 heteroatoms. The van der Waals surface area contributed by atoms with Crippen molar-refractivity contribution in [1.29, 1.82) is 0 Å². The number of halogens is 2. The minimum atomic E-state index is 0.491. The lowest BCUT2D eigenvalue weighted by Crippen LogP contribution is -2.01. The first-order valence-corrected chi connectivity index (χ1v) is 6.55. The summed E-state index contributed by atoms with van der Waals surface area (Å²) in [7, 11) is 0. The summed E-state index contributed by atoms with van der Waals surface area (Å²) >= 11 is 8.29. The van der Waals surface area contributed by atoms with E-state index in [0.717, 1.165) is 17.1 Å². The van der Waals surface area contributed by atoms with E-state index in [-0.39, 0.29) is 0 Å². The fourth-order valence-corrected chi connectivity index (χ4v) is 1.96. The summed E-state index contributed by atoms with van der Waals surface area (Å²) in [6, 6.07) is 8.08. The summed E-state index contributed by atoms with van der Waals surface area (Å²) in [5, 5.41) is 3.73. The normalized spacial score (nSPS) is 10.4. The molecule has 1 aromatic heterocycles. The Morgan fingerprint density at radius 2 is 1.76 bits per heavy atom. The van der Waals surface area contributed by atoms with Gasteiger partial charge in [-0.25, -0.2) is 9.97 Å². The summed E-state index contributed by atoms with van der Waals surface area (Å²) in [4.78, 5) is 8.45. The average Bonchev–Trinajstić information content (AvgIpc) is 2.28. The van der Waals surface area contributed by atoms with Crippen LogP contribution >= 0.6 is 34.2 Å². The van der Waals surface area contributed by atoms with E-state index in [4.69, 9.17) is 11.6 Å². The van der Waals surface area contributed by atoms with E-state index in [0.29, 0.717) is 11.0 Å². The fraction of sp³-hybridized carbons (Fsp3) is 0.167. The van der Waals surface area contributed by atoms with Crippen LogP contribution in [-0.4, -0.2) is 9.97 Å². The van der Waals surface area contributed by atoms with Crippen LogP contribution in [0.1, 0.15) is 11.4 Å². The first-order chi connectivity index (χ1) is 8.06. The van der Waals surface area contributed by atoms with Crippen LogP contribution < -0.4 is 5.32 Å². The van der Waals surface area contributed by atoms with Crippen LogP contribution in [0.4, 0.5) is 11.5 Å². The Morgan fingerprint density at radius 1 is 1.12 bits per heavy atom. The molecule has 0 atom stereocenters. The Morgan fingerprint density at radius 3 is 2.41 bits per heavy atom. The predicted octanol–water partition coefficient (Wildman–Crippen LogP) is 4.10. The quantitative estimate of drug-likeness (QED) is 0.648. The first kappa shape index (κ1) is 12.6. The average molecular weight is 360 g/mol. The molecule has 1 aromatic carbocycles. The predicted molar refractivity (Wildman–Crippen MR) is 79.0 cm³/mol. The molecule has 0 aliphatic heterocycles. The smallest absolute Gasteiger partial charge is 0.138 e. The van der Waals surface area contributed by atoms with Crippen molar-refractivity contribution in [3.8, 4) is 0 Å². The van der Waals surface area contributed by atoms with E-state index in [2.05, 4.69) is 37.9 Å². The number of nitrogens with one attached hydrogen (secondary N) is 1. The number of benzene rings is 1. The van der Waals surface area contributed by atoms with Gasteiger partial charge in [0.05, 0.1) is 0 Å². The standard InChI is InChI=1S/C12H11ClIN3/c1-7-11(13)15-8(2)16-12(7)17-10-5-3-9(14)4-6-10/h3-6H,1-2H3,(H,15,16,17). The number of hydrogen-bond acceptors (Lipinski definition) is 3. The third-order valence-corrected chi connectivity index (χ3v) is 3.39. The van der Waals surface area contributed by atoms with Crippen molar-refractivity contribution >= 4 is 45.7 Å². The third-order valence-electron chi connectivity index (χ3n) is 2.31. The van der Waals surface area contributed by atoms with Gasteiger partial charge >= 0.3 is 0 Å². The lowest BCUT2D eigenvalue weighted by molar-refractivity contribution is 1.04. The van der Waals surface area contributed by atoms with Gasteiger partial charge in [-0.15, -0.1) is 0 Å². The van der Waals surface area contributed by atoms with Gasteiger partial charge in [0.2, 0.25) is 0 Å². The van der Waals surface area contributed by atoms with Crippen molar-refractivity contribution < 1.29 is 0 Å². The number of aryl methyl sites for hydroxylation is 1. The second kappa shape index (κ2) is 5.18. The second-order valence-corrected chi connectivity index (χ2v) is 5.27. The molecule has 2 rings (SSSR count). The summed E-state index contributed by atoms with van der Waals surface area (Å²) in [6.07, 6.45) is 0. The van der Waals surface area contributed by atoms with E-state index in [9.17, 15) is 0 Å². The lowest BCUT2D eigenvalue weighted by Gasteiger charge is -2.10. The van der Waals surface area contributed by atoms with E-state index in [1.807, 2.05) is 38.1 Å². The van der Waals surface area contributed by atoms with Gasteiger partial charge in [0.1, 0.15) is 16.8 Å². The number of nitrogens with zero attached hydrogens (tertiary/aromatic N) is 2. The molecular weight excluding hydrogens is 349 g/mol. The maximum absolute atomic E-state index is 6.02. The Balaban J connectivity index is 2.32. The van der Waals surface area contributed by atoms with E-state index in [1.165, 1.54) is 3.57 Å². The number of hydrogen-bond donors (Lipinski definition) is 1. The molecule has 0 bridgehead atoms. The van der Waals surface area contributed by atoms with Crippen LogP contribution in [-0.2, 0) is 0 Å². The summed E-state index contributed by atoms with van der Waals surface area (Å²) < 4.78 is 1.20. The zero-order chi connectivity index (χ0) is 12.4. The van der Waals surface area contributed by atoms with E-state index in [1.54, 1.807) is 0 Å². The van der Waals surface area contributed by atoms with Gasteiger partial charge < -0.3 is 5.32 Å². The van der Waals surface area contributed by atoms with E-state index < -0.39 is 0 Å². The molecule has 0 aliphatic carbocycles. The highest BCUT2D eigenvalue weighted by Crippen LogP contribution is 2.23. The van der Waals surface area contributed by atoms with Gasteiger partial charge in [-0.05, 0) is 60.7 Å². The molecular formula is C12H11ClIN3. The van der Waals surface area contributed by atoms with Gasteiger partial charge in [0.15, 0.2) is 0 Å². The fourth-order valence-electron chi connectivity index (χ4n) is 1.39. The topological polar surface area (TPSA) is 37.8 Å². The molecule has 0 saturated heterocycles. The Labute approximate surface area is 119 Å². The zero-order valence-electron chi connectivity index (χ0n) is 9.46. The monoisotopic (exact) mass is 359 g/mol. The molecule has 0 fully saturated rings. The van der Waals surface area contributed by atoms with Gasteiger partial charge in [0.25, 0.3) is 0 Å². The molecule has 0 aliphatic rings. The lowest BCUT2D eigenvalue weighted by atomic mass is 10.3. The highest BCUT2D eigenvalue weighted by Gasteiger charge is 2.07. The van der Waals surface area contributed by atoms with Crippen LogP contribution in [0.2, 0.25) is 5.15 Å². The van der Waals surface area contributed by atoms with Crippen LogP contribution in [0.25, 0.3) is 0 Å². The molecule has 0 saturated carbocycles. The minimum Gasteiger partial charge on any atom is -0.340 e. The molecule has 2 aromatic rings. The number of rotatable bonds is 2. The number of aromatic nitrogens is 2. The maximum Gasteiger partial charge on any atom is 0.138 e. The molecule has 1 N–H and O–H groups in total. The molecule has 3 nitrogen and oxygen atoms in total. The van der Waals surface area contributed by atoms with Crippen molar-refractivity contribution in [2.75, 3.05) is 5.32 Å². The van der Waals surface area contributed by atoms with Gasteiger partial charge in [0, 0.05) is 14.8 Å². The Kier molecular flexibility index (Phi) is 3.83. The van der Waals surface area contributed by atoms with Crippen molar-refractivity contribution in [1.82, 2.24) is 9.97 Å². The molecule has 17 heavy (non-hydrogen) atoms. The van der Waals surface area contributed by atoms with Crippen LogP contribution in [0.15, 0.2) is 24.3 Å². The van der Waals surface area contributed by atoms with Gasteiger partial charge in [-0.2, -0.15) is 0 Å². The van der Waals surface area contributed by atoms with Crippen LogP contribution in [0.5, 0.6) is 0 Å². The number of anilines is 2. The van der Waals surface area contributed by atoms with Crippen molar-refractivity contribution in [2.45, 2.75) is 13.8 Å². The highest BCUT2D eigenvalue weighted by molar-refractivity contribution is 14.1. The first-order valence-electron chi connectivity index (χ1n) is 5.09. The van der Waals surface area contributed by atoms with Crippen molar-refractivity contribution in [3.05, 3.63) is 44.4 Å². The molecule has 0 spiro atoms. The molecule has 0 unspecified atom stereocenters. The van der Waals surface area contributed by atoms with Crippen LogP contribution in [0, 0.1) is 17.4 Å². The van der Waals surface area contributed by atoms with Crippen molar-refractivity contribution in [2.24, 2.45) is 0 Å². The molecule has 0 amide bonds. The summed E-state index contributed by atoms with van der Waals surface area (Å²) in [5.41, 5.74) is 1.85. The maximum atomic E-state index is 6.02.